The Morgan fingerprint density at radius 2 is 1.85 bits per heavy atom. The standard InChI is InChI=1S/C16H26N2O3.C10H7NO2/c1-17(2)18(3)13-14-9-6-7-10-15(14)21-12-8-4-5-11-16(19)20;12-7-9-4-3-8(6-11-9)10-2-1-5-13-10/h6-7,9-10H,4-5,8,11-13H2,1-3H3,(H,19,20);1-7H. The molecular formula is C26H33N3O5. The van der Waals surface area contributed by atoms with Gasteiger partial charge in [0.1, 0.15) is 17.2 Å². The van der Waals surface area contributed by atoms with Crippen molar-refractivity contribution >= 4 is 12.3 Å². The number of hydrogen-bond acceptors (Lipinski definition) is 7. The Kier molecular flexibility index (Phi) is 11.5. The predicted molar refractivity (Wildman–Crippen MR) is 131 cm³/mol. The molecule has 0 atom stereocenters. The Balaban J connectivity index is 0.000000266. The highest BCUT2D eigenvalue weighted by molar-refractivity contribution is 5.72. The van der Waals surface area contributed by atoms with Crippen molar-refractivity contribution in [1.82, 2.24) is 15.0 Å². The number of rotatable bonds is 12. The number of carbonyl (C=O) groups is 2. The molecule has 3 rings (SSSR count). The van der Waals surface area contributed by atoms with Gasteiger partial charge in [0.15, 0.2) is 6.29 Å². The maximum absolute atomic E-state index is 10.4. The Morgan fingerprint density at radius 3 is 2.47 bits per heavy atom. The van der Waals surface area contributed by atoms with Crippen molar-refractivity contribution in [2.45, 2.75) is 32.2 Å². The summed E-state index contributed by atoms with van der Waals surface area (Å²) in [5.74, 6) is 0.933. The number of furan rings is 1. The van der Waals surface area contributed by atoms with Crippen LogP contribution < -0.4 is 4.74 Å². The van der Waals surface area contributed by atoms with Gasteiger partial charge in [-0.1, -0.05) is 18.2 Å². The average Bonchev–Trinajstić information content (AvgIpc) is 3.37. The minimum atomic E-state index is -0.729. The van der Waals surface area contributed by atoms with Crippen LogP contribution in [-0.2, 0) is 11.3 Å². The van der Waals surface area contributed by atoms with Gasteiger partial charge in [-0.2, -0.15) is 0 Å². The Bertz CT molecular complexity index is 988. The molecule has 3 aromatic rings. The number of nitrogens with zero attached hydrogens (tertiary/aromatic N) is 3. The molecule has 0 aliphatic heterocycles. The van der Waals surface area contributed by atoms with E-state index in [1.165, 1.54) is 0 Å². The van der Waals surface area contributed by atoms with E-state index in [2.05, 4.69) is 16.1 Å². The lowest BCUT2D eigenvalue weighted by molar-refractivity contribution is -0.137. The largest absolute Gasteiger partial charge is 0.493 e. The molecule has 0 saturated heterocycles. The molecule has 8 nitrogen and oxygen atoms in total. The van der Waals surface area contributed by atoms with Gasteiger partial charge in [0.2, 0.25) is 0 Å². The number of ether oxygens (including phenoxy) is 1. The van der Waals surface area contributed by atoms with Crippen LogP contribution in [0.3, 0.4) is 0 Å². The van der Waals surface area contributed by atoms with Crippen LogP contribution >= 0.6 is 0 Å². The third-order valence-corrected chi connectivity index (χ3v) is 5.06. The molecule has 2 aromatic heterocycles. The highest BCUT2D eigenvalue weighted by atomic mass is 16.5. The number of hydrogen-bond donors (Lipinski definition) is 1. The van der Waals surface area contributed by atoms with E-state index in [0.29, 0.717) is 25.0 Å². The van der Waals surface area contributed by atoms with Crippen LogP contribution in [0, 0.1) is 0 Å². The van der Waals surface area contributed by atoms with E-state index in [-0.39, 0.29) is 6.42 Å². The number of carboxylic acids is 1. The summed E-state index contributed by atoms with van der Waals surface area (Å²) in [5.41, 5.74) is 2.45. The summed E-state index contributed by atoms with van der Waals surface area (Å²) in [5, 5.41) is 12.7. The van der Waals surface area contributed by atoms with Gasteiger partial charge in [0, 0.05) is 51.4 Å². The summed E-state index contributed by atoms with van der Waals surface area (Å²) < 4.78 is 11.0. The number of carbonyl (C=O) groups excluding carboxylic acids is 1. The molecule has 34 heavy (non-hydrogen) atoms. The molecule has 0 bridgehead atoms. The van der Waals surface area contributed by atoms with Gasteiger partial charge >= 0.3 is 5.97 Å². The zero-order valence-corrected chi connectivity index (χ0v) is 20.0. The number of aldehydes is 1. The van der Waals surface area contributed by atoms with Crippen LogP contribution in [0.5, 0.6) is 5.75 Å². The smallest absolute Gasteiger partial charge is 0.303 e. The number of carboxylic acid groups (broad SMARTS) is 1. The summed E-state index contributed by atoms with van der Waals surface area (Å²) >= 11 is 0. The van der Waals surface area contributed by atoms with Crippen LogP contribution in [0.1, 0.15) is 41.7 Å². The fourth-order valence-corrected chi connectivity index (χ4v) is 2.96. The second-order valence-electron chi connectivity index (χ2n) is 7.89. The third-order valence-electron chi connectivity index (χ3n) is 5.06. The number of unbranched alkanes of at least 4 members (excludes halogenated alkanes) is 2. The summed E-state index contributed by atoms with van der Waals surface area (Å²) in [7, 11) is 6.04. The van der Waals surface area contributed by atoms with Crippen LogP contribution in [0.4, 0.5) is 0 Å². The first-order valence-corrected chi connectivity index (χ1v) is 11.2. The molecule has 0 radical (unpaired) electrons. The van der Waals surface area contributed by atoms with E-state index < -0.39 is 5.97 Å². The fourth-order valence-electron chi connectivity index (χ4n) is 2.96. The van der Waals surface area contributed by atoms with E-state index in [9.17, 15) is 9.59 Å². The molecule has 182 valence electrons. The van der Waals surface area contributed by atoms with Gasteiger partial charge in [0.25, 0.3) is 0 Å². The topological polar surface area (TPSA) is 96.1 Å². The van der Waals surface area contributed by atoms with Crippen molar-refractivity contribution in [3.63, 3.8) is 0 Å². The van der Waals surface area contributed by atoms with E-state index in [0.717, 1.165) is 42.0 Å². The highest BCUT2D eigenvalue weighted by Crippen LogP contribution is 2.20. The fraction of sp³-hybridized carbons (Fsp3) is 0.346. The lowest BCUT2D eigenvalue weighted by Gasteiger charge is -2.25. The first kappa shape index (κ1) is 26.8. The molecule has 1 N–H and O–H groups in total. The quantitative estimate of drug-likeness (QED) is 0.231. The van der Waals surface area contributed by atoms with Crippen molar-refractivity contribution in [2.24, 2.45) is 0 Å². The second-order valence-corrected chi connectivity index (χ2v) is 7.89. The molecular weight excluding hydrogens is 434 g/mol. The highest BCUT2D eigenvalue weighted by Gasteiger charge is 2.08. The molecule has 0 aliphatic carbocycles. The van der Waals surface area contributed by atoms with Gasteiger partial charge in [-0.05, 0) is 49.6 Å². The lowest BCUT2D eigenvalue weighted by atomic mass is 10.2. The number of para-hydroxylation sites is 1. The molecule has 1 aromatic carbocycles. The van der Waals surface area contributed by atoms with Crippen molar-refractivity contribution in [2.75, 3.05) is 27.7 Å². The average molecular weight is 468 g/mol. The molecule has 0 spiro atoms. The maximum atomic E-state index is 10.4. The third kappa shape index (κ3) is 9.56. The van der Waals surface area contributed by atoms with E-state index in [1.54, 1.807) is 24.6 Å². The predicted octanol–water partition coefficient (Wildman–Crippen LogP) is 4.77. The SMILES string of the molecule is CN(C)N(C)Cc1ccccc1OCCCCCC(=O)O.O=Cc1ccc(-c2ccco2)cn1. The molecule has 0 aliphatic rings. The zero-order chi connectivity index (χ0) is 24.8. The van der Waals surface area contributed by atoms with Gasteiger partial charge in [0.05, 0.1) is 12.9 Å². The minimum absolute atomic E-state index is 0.240. The lowest BCUT2D eigenvalue weighted by Crippen LogP contribution is -2.32. The minimum Gasteiger partial charge on any atom is -0.493 e. The first-order valence-electron chi connectivity index (χ1n) is 11.2. The van der Waals surface area contributed by atoms with Gasteiger partial charge in [-0.25, -0.2) is 10.0 Å². The van der Waals surface area contributed by atoms with Gasteiger partial charge in [-0.15, -0.1) is 0 Å². The van der Waals surface area contributed by atoms with E-state index in [1.807, 2.05) is 56.5 Å². The van der Waals surface area contributed by atoms with Gasteiger partial charge < -0.3 is 14.3 Å². The monoisotopic (exact) mass is 467 g/mol. The van der Waals surface area contributed by atoms with Crippen LogP contribution in [0.2, 0.25) is 0 Å². The van der Waals surface area contributed by atoms with Gasteiger partial charge in [-0.3, -0.25) is 14.6 Å². The number of aliphatic carboxylic acids is 1. The molecule has 2 heterocycles. The normalized spacial score (nSPS) is 10.6. The number of pyridine rings is 1. The van der Waals surface area contributed by atoms with Crippen LogP contribution in [0.25, 0.3) is 11.3 Å². The van der Waals surface area contributed by atoms with E-state index in [4.69, 9.17) is 14.3 Å². The first-order chi connectivity index (χ1) is 16.4. The Hall–Kier alpha value is -3.49. The Labute approximate surface area is 200 Å². The van der Waals surface area contributed by atoms with E-state index >= 15 is 0 Å². The summed E-state index contributed by atoms with van der Waals surface area (Å²) in [6, 6.07) is 15.1. The van der Waals surface area contributed by atoms with Crippen molar-refractivity contribution < 1.29 is 23.8 Å². The molecule has 0 amide bonds. The molecule has 0 fully saturated rings. The van der Waals surface area contributed by atoms with Crippen molar-refractivity contribution in [3.05, 3.63) is 72.2 Å². The summed E-state index contributed by atoms with van der Waals surface area (Å²) in [4.78, 5) is 24.7. The number of benzene rings is 1. The van der Waals surface area contributed by atoms with Crippen molar-refractivity contribution in [3.8, 4) is 17.1 Å². The molecule has 8 heteroatoms. The van der Waals surface area contributed by atoms with Crippen LogP contribution in [0.15, 0.2) is 65.4 Å². The molecule has 0 saturated carbocycles. The Morgan fingerprint density at radius 1 is 1.06 bits per heavy atom. The number of hydrazine groups is 1. The van der Waals surface area contributed by atoms with Crippen LogP contribution in [-0.4, -0.2) is 60.1 Å². The zero-order valence-electron chi connectivity index (χ0n) is 20.0. The maximum Gasteiger partial charge on any atom is 0.303 e. The summed E-state index contributed by atoms with van der Waals surface area (Å²) in [6.07, 6.45) is 6.64. The molecule has 0 unspecified atom stereocenters. The second kappa shape index (κ2) is 14.6. The number of aromatic nitrogens is 1. The van der Waals surface area contributed by atoms with Crippen molar-refractivity contribution in [1.29, 1.82) is 0 Å². The summed E-state index contributed by atoms with van der Waals surface area (Å²) in [6.45, 7) is 1.42.